The molecule has 1 amide bonds. The van der Waals surface area contributed by atoms with Crippen molar-refractivity contribution >= 4 is 5.91 Å². The van der Waals surface area contributed by atoms with Gasteiger partial charge in [-0.2, -0.15) is 0 Å². The molecular weight excluding hydrogens is 126 g/mol. The molecule has 2 heteroatoms. The highest BCUT2D eigenvalue weighted by Crippen LogP contribution is 2.36. The van der Waals surface area contributed by atoms with Crippen molar-refractivity contribution in [2.75, 3.05) is 13.1 Å². The SMILES string of the molecule is C=C(C(=O)N1CC1)C1CC1. The Balaban J connectivity index is 1.95. The summed E-state index contributed by atoms with van der Waals surface area (Å²) < 4.78 is 0. The molecule has 0 unspecified atom stereocenters. The van der Waals surface area contributed by atoms with Crippen molar-refractivity contribution in [1.29, 1.82) is 0 Å². The van der Waals surface area contributed by atoms with Gasteiger partial charge in [0.25, 0.3) is 0 Å². The second-order valence-corrected chi connectivity index (χ2v) is 3.09. The fraction of sp³-hybridized carbons (Fsp3) is 0.625. The van der Waals surface area contributed by atoms with Crippen molar-refractivity contribution in [2.24, 2.45) is 5.92 Å². The van der Waals surface area contributed by atoms with Crippen molar-refractivity contribution in [1.82, 2.24) is 4.90 Å². The molecule has 10 heavy (non-hydrogen) atoms. The number of nitrogens with zero attached hydrogens (tertiary/aromatic N) is 1. The summed E-state index contributed by atoms with van der Waals surface area (Å²) in [7, 11) is 0. The fourth-order valence-corrected chi connectivity index (χ4v) is 1.06. The summed E-state index contributed by atoms with van der Waals surface area (Å²) in [6, 6.07) is 0. The molecule has 2 fully saturated rings. The summed E-state index contributed by atoms with van der Waals surface area (Å²) >= 11 is 0. The average Bonchev–Trinajstić information content (AvgIpc) is 2.73. The summed E-state index contributed by atoms with van der Waals surface area (Å²) in [6.45, 7) is 5.68. The topological polar surface area (TPSA) is 20.1 Å². The summed E-state index contributed by atoms with van der Waals surface area (Å²) in [6.07, 6.45) is 2.36. The number of hydrogen-bond acceptors (Lipinski definition) is 1. The number of carbonyl (C=O) groups is 1. The Kier molecular flexibility index (Phi) is 1.10. The molecule has 0 spiro atoms. The van der Waals surface area contributed by atoms with E-state index < -0.39 is 0 Å². The van der Waals surface area contributed by atoms with Gasteiger partial charge in [-0.3, -0.25) is 4.79 Å². The van der Waals surface area contributed by atoms with E-state index in [1.165, 1.54) is 12.8 Å². The third kappa shape index (κ3) is 0.939. The zero-order valence-electron chi connectivity index (χ0n) is 5.97. The molecule has 2 rings (SSSR count). The highest BCUT2D eigenvalue weighted by atomic mass is 16.2. The minimum atomic E-state index is 0.197. The second kappa shape index (κ2) is 1.84. The van der Waals surface area contributed by atoms with Crippen LogP contribution in [0.25, 0.3) is 0 Å². The smallest absolute Gasteiger partial charge is 0.249 e. The van der Waals surface area contributed by atoms with Crippen molar-refractivity contribution in [3.05, 3.63) is 12.2 Å². The van der Waals surface area contributed by atoms with Gasteiger partial charge in [-0.15, -0.1) is 0 Å². The van der Waals surface area contributed by atoms with E-state index in [1.54, 1.807) is 0 Å². The lowest BCUT2D eigenvalue weighted by Gasteiger charge is -2.01. The first-order valence-electron chi connectivity index (χ1n) is 3.77. The van der Waals surface area contributed by atoms with Crippen LogP contribution in [0.2, 0.25) is 0 Å². The van der Waals surface area contributed by atoms with Crippen molar-refractivity contribution in [3.63, 3.8) is 0 Å². The monoisotopic (exact) mass is 137 g/mol. The summed E-state index contributed by atoms with van der Waals surface area (Å²) in [5.74, 6) is 0.732. The van der Waals surface area contributed by atoms with E-state index in [-0.39, 0.29) is 5.91 Å². The minimum absolute atomic E-state index is 0.197. The molecule has 54 valence electrons. The molecule has 0 N–H and O–H groups in total. The highest BCUT2D eigenvalue weighted by Gasteiger charge is 2.34. The molecular formula is C8H11NO. The Labute approximate surface area is 60.5 Å². The Morgan fingerprint density at radius 1 is 1.40 bits per heavy atom. The van der Waals surface area contributed by atoms with Gasteiger partial charge in [0.2, 0.25) is 5.91 Å². The van der Waals surface area contributed by atoms with Crippen LogP contribution in [0.15, 0.2) is 12.2 Å². The van der Waals surface area contributed by atoms with Crippen molar-refractivity contribution in [3.8, 4) is 0 Å². The van der Waals surface area contributed by atoms with E-state index in [2.05, 4.69) is 6.58 Å². The largest absolute Gasteiger partial charge is 0.335 e. The lowest BCUT2D eigenvalue weighted by atomic mass is 10.2. The molecule has 0 atom stereocenters. The molecule has 2 aliphatic rings. The van der Waals surface area contributed by atoms with Crippen LogP contribution in [0.4, 0.5) is 0 Å². The fourth-order valence-electron chi connectivity index (χ4n) is 1.06. The maximum atomic E-state index is 11.2. The minimum Gasteiger partial charge on any atom is -0.335 e. The van der Waals surface area contributed by atoms with Crippen LogP contribution < -0.4 is 0 Å². The number of carbonyl (C=O) groups excluding carboxylic acids is 1. The molecule has 0 aromatic heterocycles. The lowest BCUT2D eigenvalue weighted by Crippen LogP contribution is -2.13. The van der Waals surface area contributed by atoms with Crippen LogP contribution >= 0.6 is 0 Å². The lowest BCUT2D eigenvalue weighted by molar-refractivity contribution is -0.122. The van der Waals surface area contributed by atoms with Crippen LogP contribution in [0.3, 0.4) is 0 Å². The van der Waals surface area contributed by atoms with Gasteiger partial charge in [-0.05, 0) is 18.8 Å². The summed E-state index contributed by atoms with van der Waals surface area (Å²) in [4.78, 5) is 13.0. The Bertz CT molecular complexity index is 167. The van der Waals surface area contributed by atoms with Gasteiger partial charge in [0.15, 0.2) is 0 Å². The first kappa shape index (κ1) is 5.96. The Hall–Kier alpha value is -0.790. The van der Waals surface area contributed by atoms with Crippen LogP contribution in [-0.2, 0) is 4.79 Å². The first-order valence-corrected chi connectivity index (χ1v) is 3.77. The van der Waals surface area contributed by atoms with E-state index in [0.717, 1.165) is 18.7 Å². The van der Waals surface area contributed by atoms with Crippen LogP contribution in [0, 0.1) is 5.92 Å². The van der Waals surface area contributed by atoms with Gasteiger partial charge >= 0.3 is 0 Å². The van der Waals surface area contributed by atoms with E-state index in [1.807, 2.05) is 4.90 Å². The van der Waals surface area contributed by atoms with Gasteiger partial charge in [0.05, 0.1) is 0 Å². The van der Waals surface area contributed by atoms with Gasteiger partial charge in [-0.1, -0.05) is 6.58 Å². The third-order valence-corrected chi connectivity index (χ3v) is 2.08. The zero-order valence-corrected chi connectivity index (χ0v) is 5.97. The van der Waals surface area contributed by atoms with Gasteiger partial charge in [0.1, 0.15) is 0 Å². The molecule has 2 nitrogen and oxygen atoms in total. The van der Waals surface area contributed by atoms with Gasteiger partial charge in [0, 0.05) is 18.7 Å². The van der Waals surface area contributed by atoms with Crippen LogP contribution in [0.1, 0.15) is 12.8 Å². The molecule has 0 radical (unpaired) electrons. The Morgan fingerprint density at radius 3 is 2.40 bits per heavy atom. The van der Waals surface area contributed by atoms with E-state index >= 15 is 0 Å². The normalized spacial score (nSPS) is 22.6. The molecule has 0 aromatic carbocycles. The number of hydrogen-bond donors (Lipinski definition) is 0. The molecule has 0 aromatic rings. The van der Waals surface area contributed by atoms with Crippen molar-refractivity contribution < 1.29 is 4.79 Å². The van der Waals surface area contributed by atoms with Crippen LogP contribution in [0.5, 0.6) is 0 Å². The van der Waals surface area contributed by atoms with Crippen LogP contribution in [-0.4, -0.2) is 23.9 Å². The predicted molar refractivity (Wildman–Crippen MR) is 38.4 cm³/mol. The van der Waals surface area contributed by atoms with E-state index in [4.69, 9.17) is 0 Å². The average molecular weight is 137 g/mol. The van der Waals surface area contributed by atoms with Gasteiger partial charge in [-0.25, -0.2) is 0 Å². The predicted octanol–water partition coefficient (Wildman–Crippen LogP) is 0.795. The number of amides is 1. The standard InChI is InChI=1S/C8H11NO/c1-6(7-2-3-7)8(10)9-4-5-9/h7H,1-5H2. The van der Waals surface area contributed by atoms with E-state index in [0.29, 0.717) is 5.92 Å². The maximum absolute atomic E-state index is 11.2. The molecule has 0 bridgehead atoms. The zero-order chi connectivity index (χ0) is 7.14. The second-order valence-electron chi connectivity index (χ2n) is 3.09. The highest BCUT2D eigenvalue weighted by molar-refractivity contribution is 5.95. The summed E-state index contributed by atoms with van der Waals surface area (Å²) in [5, 5.41) is 0. The Morgan fingerprint density at radius 2 is 2.00 bits per heavy atom. The maximum Gasteiger partial charge on any atom is 0.249 e. The van der Waals surface area contributed by atoms with Crippen molar-refractivity contribution in [2.45, 2.75) is 12.8 Å². The van der Waals surface area contributed by atoms with E-state index in [9.17, 15) is 4.79 Å². The summed E-state index contributed by atoms with van der Waals surface area (Å²) in [5.41, 5.74) is 0.845. The first-order chi connectivity index (χ1) is 4.79. The third-order valence-electron chi connectivity index (χ3n) is 2.08. The quantitative estimate of drug-likeness (QED) is 0.407. The number of rotatable bonds is 2. The molecule has 1 saturated heterocycles. The van der Waals surface area contributed by atoms with Gasteiger partial charge < -0.3 is 4.90 Å². The molecule has 1 aliphatic carbocycles. The molecule has 1 aliphatic heterocycles. The molecule has 1 saturated carbocycles. The molecule has 1 heterocycles.